The third-order valence-corrected chi connectivity index (χ3v) is 4.57. The summed E-state index contributed by atoms with van der Waals surface area (Å²) in [6.45, 7) is 13.1. The van der Waals surface area contributed by atoms with Crippen LogP contribution < -0.4 is 9.80 Å². The summed E-state index contributed by atoms with van der Waals surface area (Å²) in [5.74, 6) is 0. The van der Waals surface area contributed by atoms with E-state index < -0.39 is 0 Å². The lowest BCUT2D eigenvalue weighted by Crippen LogP contribution is -2.24. The van der Waals surface area contributed by atoms with Gasteiger partial charge in [0.1, 0.15) is 0 Å². The number of anilines is 2. The molecule has 0 saturated heterocycles. The standard InChI is InChI=1S/C21H30N2/c1-5-22(6-2)20-15-11-9-13-18(20)17-19-14-10-12-16-21(19)23(7-3)8-4/h9-16H,5-8,17H2,1-4H3. The fourth-order valence-electron chi connectivity index (χ4n) is 3.27. The summed E-state index contributed by atoms with van der Waals surface area (Å²) in [4.78, 5) is 4.88. The number of nitrogens with zero attached hydrogens (tertiary/aromatic N) is 2. The summed E-state index contributed by atoms with van der Waals surface area (Å²) in [6.07, 6.45) is 0.985. The van der Waals surface area contributed by atoms with Crippen molar-refractivity contribution < 1.29 is 0 Å². The van der Waals surface area contributed by atoms with Gasteiger partial charge >= 0.3 is 0 Å². The molecule has 0 fully saturated rings. The summed E-state index contributed by atoms with van der Waals surface area (Å²) in [5, 5.41) is 0. The highest BCUT2D eigenvalue weighted by molar-refractivity contribution is 5.60. The molecule has 2 aromatic rings. The highest BCUT2D eigenvalue weighted by Crippen LogP contribution is 2.28. The van der Waals surface area contributed by atoms with Crippen molar-refractivity contribution in [2.75, 3.05) is 36.0 Å². The Balaban J connectivity index is 2.37. The molecular weight excluding hydrogens is 280 g/mol. The van der Waals surface area contributed by atoms with E-state index in [1.165, 1.54) is 22.5 Å². The molecule has 2 heteroatoms. The molecule has 23 heavy (non-hydrogen) atoms. The average molecular weight is 310 g/mol. The normalized spacial score (nSPS) is 10.6. The predicted molar refractivity (Wildman–Crippen MR) is 103 cm³/mol. The molecule has 0 amide bonds. The summed E-state index contributed by atoms with van der Waals surface area (Å²) in [6, 6.07) is 17.6. The van der Waals surface area contributed by atoms with Gasteiger partial charge in [-0.05, 0) is 51.0 Å². The second-order valence-corrected chi connectivity index (χ2v) is 5.78. The minimum atomic E-state index is 0.985. The van der Waals surface area contributed by atoms with Crippen LogP contribution in [0.4, 0.5) is 11.4 Å². The summed E-state index contributed by atoms with van der Waals surface area (Å²) in [7, 11) is 0. The Morgan fingerprint density at radius 3 is 1.26 bits per heavy atom. The zero-order chi connectivity index (χ0) is 16.7. The second kappa shape index (κ2) is 8.61. The van der Waals surface area contributed by atoms with Gasteiger partial charge in [-0.25, -0.2) is 0 Å². The predicted octanol–water partition coefficient (Wildman–Crippen LogP) is 4.97. The monoisotopic (exact) mass is 310 g/mol. The minimum Gasteiger partial charge on any atom is -0.372 e. The van der Waals surface area contributed by atoms with Crippen molar-refractivity contribution >= 4 is 11.4 Å². The van der Waals surface area contributed by atoms with Gasteiger partial charge in [0, 0.05) is 44.0 Å². The molecule has 0 aliphatic carbocycles. The molecule has 0 radical (unpaired) electrons. The van der Waals surface area contributed by atoms with Crippen LogP contribution in [-0.4, -0.2) is 26.2 Å². The lowest BCUT2D eigenvalue weighted by Gasteiger charge is -2.27. The van der Waals surface area contributed by atoms with Crippen molar-refractivity contribution in [3.63, 3.8) is 0 Å². The van der Waals surface area contributed by atoms with Gasteiger partial charge in [0.05, 0.1) is 0 Å². The molecule has 0 spiro atoms. The van der Waals surface area contributed by atoms with E-state index in [1.807, 2.05) is 0 Å². The van der Waals surface area contributed by atoms with Gasteiger partial charge in [0.25, 0.3) is 0 Å². The van der Waals surface area contributed by atoms with Crippen LogP contribution in [0.25, 0.3) is 0 Å². The largest absolute Gasteiger partial charge is 0.372 e. The van der Waals surface area contributed by atoms with Crippen molar-refractivity contribution in [2.24, 2.45) is 0 Å². The third kappa shape index (κ3) is 4.07. The first-order chi connectivity index (χ1) is 11.2. The minimum absolute atomic E-state index is 0.985. The number of hydrogen-bond donors (Lipinski definition) is 0. The van der Waals surface area contributed by atoms with E-state index >= 15 is 0 Å². The maximum Gasteiger partial charge on any atom is 0.0401 e. The van der Waals surface area contributed by atoms with E-state index in [-0.39, 0.29) is 0 Å². The van der Waals surface area contributed by atoms with E-state index in [1.54, 1.807) is 0 Å². The Hall–Kier alpha value is -1.96. The van der Waals surface area contributed by atoms with Gasteiger partial charge in [0.15, 0.2) is 0 Å². The van der Waals surface area contributed by atoms with E-state index in [4.69, 9.17) is 0 Å². The Bertz CT molecular complexity index is 545. The van der Waals surface area contributed by atoms with Crippen LogP contribution in [-0.2, 0) is 6.42 Å². The molecule has 2 rings (SSSR count). The van der Waals surface area contributed by atoms with Crippen LogP contribution >= 0.6 is 0 Å². The molecule has 2 nitrogen and oxygen atoms in total. The van der Waals surface area contributed by atoms with Crippen molar-refractivity contribution in [1.82, 2.24) is 0 Å². The first kappa shape index (κ1) is 17.4. The topological polar surface area (TPSA) is 6.48 Å². The van der Waals surface area contributed by atoms with Crippen molar-refractivity contribution in [3.05, 3.63) is 59.7 Å². The van der Waals surface area contributed by atoms with E-state index in [0.29, 0.717) is 0 Å². The molecule has 0 N–H and O–H groups in total. The molecule has 0 heterocycles. The first-order valence-corrected chi connectivity index (χ1v) is 8.90. The molecule has 0 aliphatic rings. The van der Waals surface area contributed by atoms with Gasteiger partial charge in [-0.3, -0.25) is 0 Å². The van der Waals surface area contributed by atoms with Gasteiger partial charge in [0.2, 0.25) is 0 Å². The fourth-order valence-corrected chi connectivity index (χ4v) is 3.27. The Morgan fingerprint density at radius 1 is 0.565 bits per heavy atom. The van der Waals surface area contributed by atoms with Gasteiger partial charge in [-0.1, -0.05) is 36.4 Å². The highest BCUT2D eigenvalue weighted by Gasteiger charge is 2.12. The van der Waals surface area contributed by atoms with Crippen molar-refractivity contribution in [2.45, 2.75) is 34.1 Å². The van der Waals surface area contributed by atoms with E-state index in [2.05, 4.69) is 86.0 Å². The van der Waals surface area contributed by atoms with E-state index in [0.717, 1.165) is 32.6 Å². The van der Waals surface area contributed by atoms with Crippen molar-refractivity contribution in [3.8, 4) is 0 Å². The quantitative estimate of drug-likeness (QED) is 0.679. The lowest BCUT2D eigenvalue weighted by atomic mass is 10.0. The molecule has 0 unspecified atom stereocenters. The van der Waals surface area contributed by atoms with Gasteiger partial charge < -0.3 is 9.80 Å². The second-order valence-electron chi connectivity index (χ2n) is 5.78. The van der Waals surface area contributed by atoms with Crippen LogP contribution in [0.3, 0.4) is 0 Å². The molecule has 0 aliphatic heterocycles. The molecule has 0 saturated carbocycles. The van der Waals surface area contributed by atoms with E-state index in [9.17, 15) is 0 Å². The maximum atomic E-state index is 2.44. The zero-order valence-corrected chi connectivity index (χ0v) is 15.0. The smallest absolute Gasteiger partial charge is 0.0401 e. The average Bonchev–Trinajstić information content (AvgIpc) is 2.60. The van der Waals surface area contributed by atoms with Crippen LogP contribution in [0.1, 0.15) is 38.8 Å². The SMILES string of the molecule is CCN(CC)c1ccccc1Cc1ccccc1N(CC)CC. The van der Waals surface area contributed by atoms with Crippen LogP contribution in [0.2, 0.25) is 0 Å². The van der Waals surface area contributed by atoms with Gasteiger partial charge in [-0.2, -0.15) is 0 Å². The van der Waals surface area contributed by atoms with Gasteiger partial charge in [-0.15, -0.1) is 0 Å². The molecule has 124 valence electrons. The first-order valence-electron chi connectivity index (χ1n) is 8.90. The summed E-state index contributed by atoms with van der Waals surface area (Å²) >= 11 is 0. The molecule has 0 bridgehead atoms. The molecule has 2 aromatic carbocycles. The molecule has 0 atom stereocenters. The summed E-state index contributed by atoms with van der Waals surface area (Å²) < 4.78 is 0. The van der Waals surface area contributed by atoms with Crippen molar-refractivity contribution in [1.29, 1.82) is 0 Å². The van der Waals surface area contributed by atoms with Crippen LogP contribution in [0, 0.1) is 0 Å². The Labute approximate surface area is 141 Å². The fraction of sp³-hybridized carbons (Fsp3) is 0.429. The summed E-state index contributed by atoms with van der Waals surface area (Å²) in [5.41, 5.74) is 5.56. The number of para-hydroxylation sites is 2. The number of hydrogen-bond acceptors (Lipinski definition) is 2. The van der Waals surface area contributed by atoms with Crippen LogP contribution in [0.5, 0.6) is 0 Å². The lowest BCUT2D eigenvalue weighted by molar-refractivity contribution is 0.849. The third-order valence-electron chi connectivity index (χ3n) is 4.57. The van der Waals surface area contributed by atoms with Crippen LogP contribution in [0.15, 0.2) is 48.5 Å². The molecule has 0 aromatic heterocycles. The number of rotatable bonds is 8. The Kier molecular flexibility index (Phi) is 6.52. The highest BCUT2D eigenvalue weighted by atomic mass is 15.1. The molecular formula is C21H30N2. The number of benzene rings is 2. The Morgan fingerprint density at radius 2 is 0.913 bits per heavy atom. The maximum absolute atomic E-state index is 2.44. The zero-order valence-electron chi connectivity index (χ0n) is 15.0.